The molecule has 1 fully saturated rings. The molecule has 0 bridgehead atoms. The smallest absolute Gasteiger partial charge is 0.236 e. The number of aromatic nitrogens is 3. The van der Waals surface area contributed by atoms with Crippen LogP contribution in [0.4, 0.5) is 5.95 Å². The molecule has 0 radical (unpaired) electrons. The molecule has 1 aliphatic rings. The molecule has 5 rings (SSSR count). The van der Waals surface area contributed by atoms with Crippen molar-refractivity contribution in [2.45, 2.75) is 33.6 Å². The average molecular weight is 448 g/mol. The normalized spacial score (nSPS) is 14.6. The lowest BCUT2D eigenvalue weighted by Gasteiger charge is -2.27. The summed E-state index contributed by atoms with van der Waals surface area (Å²) in [5, 5.41) is 4.53. The minimum absolute atomic E-state index is 0.343. The Hall–Kier alpha value is -2.77. The van der Waals surface area contributed by atoms with Crippen molar-refractivity contribution in [1.29, 1.82) is 0 Å². The standard InChI is InChI=1S/C25H29N5OS/c1-5-31-23-22-21(28-25(29-23)30-12-10-26-11-13-30)20-18(15(2)3)14-19(27-24(20)32-22)17-8-6-16(4)7-9-17/h6-9,14-15,26H,5,10-13H2,1-4H3. The van der Waals surface area contributed by atoms with Crippen molar-refractivity contribution >= 4 is 37.7 Å². The molecule has 4 aromatic rings. The molecule has 0 atom stereocenters. The molecular weight excluding hydrogens is 418 g/mol. The van der Waals surface area contributed by atoms with E-state index in [0.717, 1.165) is 63.8 Å². The van der Waals surface area contributed by atoms with Crippen molar-refractivity contribution in [3.63, 3.8) is 0 Å². The number of fused-ring (bicyclic) bond motifs is 3. The number of benzene rings is 1. The van der Waals surface area contributed by atoms with Gasteiger partial charge in [-0.3, -0.25) is 0 Å². The highest BCUT2D eigenvalue weighted by molar-refractivity contribution is 7.25. The number of nitrogens with zero attached hydrogens (tertiary/aromatic N) is 4. The second-order valence-electron chi connectivity index (χ2n) is 8.58. The Balaban J connectivity index is 1.75. The molecule has 1 aliphatic heterocycles. The van der Waals surface area contributed by atoms with E-state index in [9.17, 15) is 0 Å². The lowest BCUT2D eigenvalue weighted by Crippen LogP contribution is -2.44. The summed E-state index contributed by atoms with van der Waals surface area (Å²) in [6.45, 7) is 12.8. The number of thiophene rings is 1. The van der Waals surface area contributed by atoms with Crippen LogP contribution in [0.2, 0.25) is 0 Å². The van der Waals surface area contributed by atoms with Crippen molar-refractivity contribution in [2.75, 3.05) is 37.7 Å². The van der Waals surface area contributed by atoms with E-state index < -0.39 is 0 Å². The number of rotatable bonds is 5. The largest absolute Gasteiger partial charge is 0.477 e. The van der Waals surface area contributed by atoms with E-state index in [4.69, 9.17) is 19.7 Å². The summed E-state index contributed by atoms with van der Waals surface area (Å²) < 4.78 is 6.98. The number of aryl methyl sites for hydroxylation is 1. The van der Waals surface area contributed by atoms with Crippen LogP contribution in [0.5, 0.6) is 5.88 Å². The summed E-state index contributed by atoms with van der Waals surface area (Å²) in [6, 6.07) is 10.8. The predicted molar refractivity (Wildman–Crippen MR) is 133 cm³/mol. The van der Waals surface area contributed by atoms with Gasteiger partial charge in [0.15, 0.2) is 0 Å². The zero-order valence-electron chi connectivity index (χ0n) is 19.1. The van der Waals surface area contributed by atoms with Crippen molar-refractivity contribution in [3.05, 3.63) is 41.5 Å². The Morgan fingerprint density at radius 2 is 1.84 bits per heavy atom. The molecule has 4 heterocycles. The summed E-state index contributed by atoms with van der Waals surface area (Å²) in [5.74, 6) is 1.76. The van der Waals surface area contributed by atoms with Gasteiger partial charge < -0.3 is 15.0 Å². The van der Waals surface area contributed by atoms with E-state index in [1.807, 2.05) is 6.92 Å². The van der Waals surface area contributed by atoms with Crippen LogP contribution in [0.25, 0.3) is 31.7 Å². The van der Waals surface area contributed by atoms with E-state index in [0.29, 0.717) is 18.4 Å². The van der Waals surface area contributed by atoms with Gasteiger partial charge in [0.2, 0.25) is 11.8 Å². The van der Waals surface area contributed by atoms with Crippen LogP contribution in [0.1, 0.15) is 37.8 Å². The molecule has 1 saturated heterocycles. The third-order valence-corrected chi connectivity index (χ3v) is 6.99. The van der Waals surface area contributed by atoms with Gasteiger partial charge in [0.1, 0.15) is 15.0 Å². The van der Waals surface area contributed by atoms with Crippen LogP contribution in [0, 0.1) is 6.92 Å². The van der Waals surface area contributed by atoms with Crippen LogP contribution in [0.3, 0.4) is 0 Å². The second-order valence-corrected chi connectivity index (χ2v) is 9.58. The lowest BCUT2D eigenvalue weighted by atomic mass is 9.97. The summed E-state index contributed by atoms with van der Waals surface area (Å²) in [4.78, 5) is 18.2. The minimum atomic E-state index is 0.343. The predicted octanol–water partition coefficient (Wildman–Crippen LogP) is 5.15. The van der Waals surface area contributed by atoms with E-state index in [1.54, 1.807) is 11.3 Å². The quantitative estimate of drug-likeness (QED) is 0.457. The molecule has 32 heavy (non-hydrogen) atoms. The van der Waals surface area contributed by atoms with Crippen molar-refractivity contribution in [1.82, 2.24) is 20.3 Å². The van der Waals surface area contributed by atoms with E-state index in [2.05, 4.69) is 61.3 Å². The minimum Gasteiger partial charge on any atom is -0.477 e. The lowest BCUT2D eigenvalue weighted by molar-refractivity contribution is 0.331. The van der Waals surface area contributed by atoms with Crippen molar-refractivity contribution < 1.29 is 4.74 Å². The first-order valence-electron chi connectivity index (χ1n) is 11.4. The zero-order valence-corrected chi connectivity index (χ0v) is 19.9. The number of anilines is 1. The Labute approximate surface area is 192 Å². The summed E-state index contributed by atoms with van der Waals surface area (Å²) in [7, 11) is 0. The third-order valence-electron chi connectivity index (χ3n) is 5.93. The second kappa shape index (κ2) is 8.64. The van der Waals surface area contributed by atoms with Gasteiger partial charge in [-0.25, -0.2) is 9.97 Å². The maximum atomic E-state index is 6.00. The Kier molecular flexibility index (Phi) is 5.69. The molecule has 3 aromatic heterocycles. The highest BCUT2D eigenvalue weighted by Gasteiger charge is 2.23. The van der Waals surface area contributed by atoms with Crippen molar-refractivity contribution in [3.8, 4) is 17.1 Å². The van der Waals surface area contributed by atoms with Gasteiger partial charge in [0, 0.05) is 37.1 Å². The molecule has 1 aromatic carbocycles. The average Bonchev–Trinajstić information content (AvgIpc) is 3.18. The number of piperazine rings is 1. The molecule has 1 N–H and O–H groups in total. The fraction of sp³-hybridized carbons (Fsp3) is 0.400. The topological polar surface area (TPSA) is 63.2 Å². The number of hydrogen-bond acceptors (Lipinski definition) is 7. The molecule has 0 spiro atoms. The van der Waals surface area contributed by atoms with Gasteiger partial charge in [-0.15, -0.1) is 11.3 Å². The first-order chi connectivity index (χ1) is 15.5. The van der Waals surface area contributed by atoms with Crippen LogP contribution in [-0.4, -0.2) is 47.7 Å². The first-order valence-corrected chi connectivity index (χ1v) is 12.2. The van der Waals surface area contributed by atoms with Gasteiger partial charge in [-0.1, -0.05) is 43.7 Å². The zero-order chi connectivity index (χ0) is 22.2. The molecule has 0 saturated carbocycles. The van der Waals surface area contributed by atoms with E-state index in [1.165, 1.54) is 11.1 Å². The summed E-state index contributed by atoms with van der Waals surface area (Å²) in [5.41, 5.74) is 5.61. The molecule has 0 aliphatic carbocycles. The number of ether oxygens (including phenoxy) is 1. The van der Waals surface area contributed by atoms with Gasteiger partial charge in [0.25, 0.3) is 0 Å². The fourth-order valence-corrected chi connectivity index (χ4v) is 5.29. The van der Waals surface area contributed by atoms with Crippen molar-refractivity contribution in [2.24, 2.45) is 0 Å². The molecule has 166 valence electrons. The van der Waals surface area contributed by atoms with Crippen LogP contribution < -0.4 is 15.0 Å². The monoisotopic (exact) mass is 447 g/mol. The van der Waals surface area contributed by atoms with E-state index >= 15 is 0 Å². The molecule has 0 unspecified atom stereocenters. The number of nitrogens with one attached hydrogen (secondary N) is 1. The SMILES string of the molecule is CCOc1nc(N2CCNCC2)nc2c1sc1nc(-c3ccc(C)cc3)cc(C(C)C)c12. The van der Waals surface area contributed by atoms with Crippen LogP contribution in [0.15, 0.2) is 30.3 Å². The van der Waals surface area contributed by atoms with Gasteiger partial charge in [-0.05, 0) is 31.4 Å². The fourth-order valence-electron chi connectivity index (χ4n) is 4.20. The number of hydrogen-bond donors (Lipinski definition) is 1. The molecular formula is C25H29N5OS. The Morgan fingerprint density at radius 3 is 2.53 bits per heavy atom. The third kappa shape index (κ3) is 3.80. The maximum absolute atomic E-state index is 6.00. The highest BCUT2D eigenvalue weighted by atomic mass is 32.1. The molecule has 0 amide bonds. The van der Waals surface area contributed by atoms with Gasteiger partial charge in [-0.2, -0.15) is 4.98 Å². The highest BCUT2D eigenvalue weighted by Crippen LogP contribution is 2.42. The van der Waals surface area contributed by atoms with Gasteiger partial charge >= 0.3 is 0 Å². The Morgan fingerprint density at radius 1 is 1.09 bits per heavy atom. The Bertz CT molecular complexity index is 1260. The summed E-state index contributed by atoms with van der Waals surface area (Å²) in [6.07, 6.45) is 0. The maximum Gasteiger partial charge on any atom is 0.236 e. The molecule has 7 heteroatoms. The first kappa shape index (κ1) is 21.1. The van der Waals surface area contributed by atoms with Gasteiger partial charge in [0.05, 0.1) is 12.3 Å². The van der Waals surface area contributed by atoms with E-state index in [-0.39, 0.29) is 0 Å². The van der Waals surface area contributed by atoms with Crippen LogP contribution in [-0.2, 0) is 0 Å². The number of pyridine rings is 1. The summed E-state index contributed by atoms with van der Waals surface area (Å²) >= 11 is 1.64. The molecule has 6 nitrogen and oxygen atoms in total. The van der Waals surface area contributed by atoms with Crippen LogP contribution >= 0.6 is 11.3 Å².